The van der Waals surface area contributed by atoms with Gasteiger partial charge in [0.15, 0.2) is 11.7 Å². The Kier molecular flexibility index (Phi) is 9.96. The Labute approximate surface area is 215 Å². The SMILES string of the molecule is CCCOC(=O)c1ccc(OCC(=O)NNC(=S)NC(=O)C(c2ccccc2)c2ccccc2)cc1. The minimum Gasteiger partial charge on any atom is -0.484 e. The molecule has 0 aliphatic heterocycles. The monoisotopic (exact) mass is 505 g/mol. The predicted octanol–water partition coefficient (Wildman–Crippen LogP) is 3.49. The molecule has 3 N–H and O–H groups in total. The molecule has 186 valence electrons. The van der Waals surface area contributed by atoms with Gasteiger partial charge in [0.1, 0.15) is 5.75 Å². The fraction of sp³-hybridized carbons (Fsp3) is 0.185. The van der Waals surface area contributed by atoms with Crippen LogP contribution in [0.4, 0.5) is 0 Å². The number of hydrogen-bond donors (Lipinski definition) is 3. The van der Waals surface area contributed by atoms with Gasteiger partial charge in [-0.15, -0.1) is 0 Å². The van der Waals surface area contributed by atoms with Crippen molar-refractivity contribution in [2.45, 2.75) is 19.3 Å². The number of esters is 1. The maximum atomic E-state index is 13.0. The molecule has 8 nitrogen and oxygen atoms in total. The highest BCUT2D eigenvalue weighted by Crippen LogP contribution is 2.24. The first-order valence-corrected chi connectivity index (χ1v) is 11.8. The Balaban J connectivity index is 1.48. The molecule has 36 heavy (non-hydrogen) atoms. The van der Waals surface area contributed by atoms with Gasteiger partial charge in [0.05, 0.1) is 18.1 Å². The topological polar surface area (TPSA) is 106 Å². The summed E-state index contributed by atoms with van der Waals surface area (Å²) in [5.74, 6) is -1.44. The highest BCUT2D eigenvalue weighted by molar-refractivity contribution is 7.80. The lowest BCUT2D eigenvalue weighted by Crippen LogP contribution is -2.50. The van der Waals surface area contributed by atoms with E-state index >= 15 is 0 Å². The van der Waals surface area contributed by atoms with E-state index in [1.165, 1.54) is 0 Å². The Morgan fingerprint density at radius 2 is 1.42 bits per heavy atom. The molecule has 0 fully saturated rings. The van der Waals surface area contributed by atoms with Crippen molar-refractivity contribution in [2.75, 3.05) is 13.2 Å². The van der Waals surface area contributed by atoms with Gasteiger partial charge in [-0.25, -0.2) is 4.79 Å². The zero-order valence-corrected chi connectivity index (χ0v) is 20.5. The first-order valence-electron chi connectivity index (χ1n) is 11.4. The van der Waals surface area contributed by atoms with Gasteiger partial charge in [-0.05, 0) is 54.0 Å². The maximum Gasteiger partial charge on any atom is 0.338 e. The highest BCUT2D eigenvalue weighted by Gasteiger charge is 2.23. The van der Waals surface area contributed by atoms with Crippen LogP contribution < -0.4 is 20.9 Å². The van der Waals surface area contributed by atoms with E-state index in [0.717, 1.165) is 17.5 Å². The highest BCUT2D eigenvalue weighted by atomic mass is 32.1. The van der Waals surface area contributed by atoms with E-state index in [1.807, 2.05) is 67.6 Å². The third kappa shape index (κ3) is 7.92. The number of nitrogens with one attached hydrogen (secondary N) is 3. The molecule has 2 amide bonds. The standard InChI is InChI=1S/C27H27N3O5S/c1-2-17-34-26(33)21-13-15-22(16-14-21)35-18-23(31)29-30-27(36)28-25(32)24(19-9-5-3-6-10-19)20-11-7-4-8-12-20/h3-16,24H,2,17-18H2,1H3,(H,29,31)(H2,28,30,32,36). The lowest BCUT2D eigenvalue weighted by molar-refractivity contribution is -0.124. The van der Waals surface area contributed by atoms with Gasteiger partial charge >= 0.3 is 5.97 Å². The van der Waals surface area contributed by atoms with Crippen LogP contribution in [-0.4, -0.2) is 36.1 Å². The number of thiocarbonyl (C=S) groups is 1. The van der Waals surface area contributed by atoms with Gasteiger partial charge in [0, 0.05) is 0 Å². The molecule has 0 radical (unpaired) electrons. The number of benzene rings is 3. The molecule has 0 unspecified atom stereocenters. The second-order valence-corrected chi connectivity index (χ2v) is 8.10. The average molecular weight is 506 g/mol. The summed E-state index contributed by atoms with van der Waals surface area (Å²) in [6.07, 6.45) is 0.740. The van der Waals surface area contributed by atoms with Gasteiger partial charge in [-0.3, -0.25) is 20.4 Å². The number of rotatable bonds is 9. The fourth-order valence-corrected chi connectivity index (χ4v) is 3.43. The Morgan fingerprint density at radius 3 is 1.97 bits per heavy atom. The molecule has 9 heteroatoms. The number of hydrogen-bond acceptors (Lipinski definition) is 6. The van der Waals surface area contributed by atoms with E-state index in [2.05, 4.69) is 16.2 Å². The van der Waals surface area contributed by atoms with Gasteiger partial charge < -0.3 is 14.8 Å². The van der Waals surface area contributed by atoms with Crippen molar-refractivity contribution in [1.29, 1.82) is 0 Å². The molecule has 0 saturated carbocycles. The van der Waals surface area contributed by atoms with E-state index in [9.17, 15) is 14.4 Å². The number of ether oxygens (including phenoxy) is 2. The van der Waals surface area contributed by atoms with Crippen LogP contribution in [-0.2, 0) is 14.3 Å². The van der Waals surface area contributed by atoms with E-state index in [4.69, 9.17) is 21.7 Å². The molecular weight excluding hydrogens is 478 g/mol. The molecule has 0 aliphatic rings. The van der Waals surface area contributed by atoms with E-state index in [-0.39, 0.29) is 17.6 Å². The fourth-order valence-electron chi connectivity index (χ4n) is 3.28. The maximum absolute atomic E-state index is 13.0. The van der Waals surface area contributed by atoms with Crippen molar-refractivity contribution in [3.05, 3.63) is 102 Å². The lowest BCUT2D eigenvalue weighted by atomic mass is 9.90. The molecule has 3 aromatic rings. The summed E-state index contributed by atoms with van der Waals surface area (Å²) in [7, 11) is 0. The summed E-state index contributed by atoms with van der Waals surface area (Å²) in [5, 5.41) is 2.56. The Morgan fingerprint density at radius 1 is 0.833 bits per heavy atom. The van der Waals surface area contributed by atoms with E-state index in [1.54, 1.807) is 24.3 Å². The van der Waals surface area contributed by atoms with Gasteiger partial charge in [0.2, 0.25) is 5.91 Å². The van der Waals surface area contributed by atoms with Crippen LogP contribution >= 0.6 is 12.2 Å². The quantitative estimate of drug-likeness (QED) is 0.232. The van der Waals surface area contributed by atoms with Crippen molar-refractivity contribution in [3.63, 3.8) is 0 Å². The first kappa shape index (κ1) is 26.4. The number of carbonyl (C=O) groups excluding carboxylic acids is 3. The van der Waals surface area contributed by atoms with Gasteiger partial charge in [-0.2, -0.15) is 0 Å². The van der Waals surface area contributed by atoms with Gasteiger partial charge in [-0.1, -0.05) is 67.6 Å². The van der Waals surface area contributed by atoms with Crippen LogP contribution in [0.15, 0.2) is 84.9 Å². The van der Waals surface area contributed by atoms with Crippen LogP contribution in [0.25, 0.3) is 0 Å². The van der Waals surface area contributed by atoms with Crippen LogP contribution in [0.3, 0.4) is 0 Å². The molecule has 0 bridgehead atoms. The van der Waals surface area contributed by atoms with Crippen molar-refractivity contribution in [2.24, 2.45) is 0 Å². The summed E-state index contributed by atoms with van der Waals surface area (Å²) < 4.78 is 10.5. The van der Waals surface area contributed by atoms with Crippen LogP contribution in [0.5, 0.6) is 5.75 Å². The Hall–Kier alpha value is -4.24. The van der Waals surface area contributed by atoms with Crippen molar-refractivity contribution in [3.8, 4) is 5.75 Å². The van der Waals surface area contributed by atoms with Crippen LogP contribution in [0, 0.1) is 0 Å². The molecule has 0 spiro atoms. The minimum absolute atomic E-state index is 0.0554. The summed E-state index contributed by atoms with van der Waals surface area (Å²) in [5.41, 5.74) is 6.91. The second kappa shape index (κ2) is 13.6. The smallest absolute Gasteiger partial charge is 0.338 e. The zero-order valence-electron chi connectivity index (χ0n) is 19.7. The molecule has 3 aromatic carbocycles. The zero-order chi connectivity index (χ0) is 25.8. The minimum atomic E-state index is -0.576. The number of amides is 2. The third-order valence-corrected chi connectivity index (χ3v) is 5.18. The number of carbonyl (C=O) groups is 3. The molecule has 0 saturated heterocycles. The van der Waals surface area contributed by atoms with Crippen molar-refractivity contribution >= 4 is 35.1 Å². The summed E-state index contributed by atoms with van der Waals surface area (Å²) >= 11 is 5.17. The molecule has 0 aromatic heterocycles. The molecule has 3 rings (SSSR count). The normalized spacial score (nSPS) is 10.3. The Bertz CT molecular complexity index is 1130. The molecule has 0 heterocycles. The lowest BCUT2D eigenvalue weighted by Gasteiger charge is -2.19. The van der Waals surface area contributed by atoms with Gasteiger partial charge in [0.25, 0.3) is 5.91 Å². The molecule has 0 atom stereocenters. The third-order valence-electron chi connectivity index (χ3n) is 4.98. The summed E-state index contributed by atoms with van der Waals surface area (Å²) in [6, 6.07) is 24.9. The number of hydrazine groups is 1. The first-order chi connectivity index (χ1) is 17.5. The van der Waals surface area contributed by atoms with Crippen LogP contribution in [0.2, 0.25) is 0 Å². The van der Waals surface area contributed by atoms with E-state index in [0.29, 0.717) is 17.9 Å². The summed E-state index contributed by atoms with van der Waals surface area (Å²) in [4.78, 5) is 37.0. The molecular formula is C27H27N3O5S. The van der Waals surface area contributed by atoms with Crippen molar-refractivity contribution < 1.29 is 23.9 Å². The van der Waals surface area contributed by atoms with E-state index < -0.39 is 17.8 Å². The van der Waals surface area contributed by atoms with Crippen molar-refractivity contribution in [1.82, 2.24) is 16.2 Å². The summed E-state index contributed by atoms with van der Waals surface area (Å²) in [6.45, 7) is 1.96. The largest absolute Gasteiger partial charge is 0.484 e. The van der Waals surface area contributed by atoms with Crippen LogP contribution in [0.1, 0.15) is 40.7 Å². The average Bonchev–Trinajstić information content (AvgIpc) is 2.91. The molecule has 0 aliphatic carbocycles. The second-order valence-electron chi connectivity index (χ2n) is 7.69. The predicted molar refractivity (Wildman–Crippen MR) is 139 cm³/mol.